The van der Waals surface area contributed by atoms with Gasteiger partial charge in [0.05, 0.1) is 27.3 Å². The van der Waals surface area contributed by atoms with Crippen molar-refractivity contribution in [2.45, 2.75) is 25.7 Å². The summed E-state index contributed by atoms with van der Waals surface area (Å²) < 4.78 is 21.9. The molecule has 0 aliphatic heterocycles. The maximum absolute atomic E-state index is 12.9. The molecule has 26 heavy (non-hydrogen) atoms. The van der Waals surface area contributed by atoms with Crippen molar-refractivity contribution in [2.75, 3.05) is 13.4 Å². The van der Waals surface area contributed by atoms with E-state index >= 15 is 0 Å². The third-order valence-corrected chi connectivity index (χ3v) is 4.95. The number of amides is 1. The van der Waals surface area contributed by atoms with Gasteiger partial charge in [-0.3, -0.25) is 9.78 Å². The van der Waals surface area contributed by atoms with E-state index in [1.807, 2.05) is 20.8 Å². The van der Waals surface area contributed by atoms with Gasteiger partial charge in [0.1, 0.15) is 5.75 Å². The fourth-order valence-electron chi connectivity index (χ4n) is 1.99. The third kappa shape index (κ3) is 5.43. The van der Waals surface area contributed by atoms with Gasteiger partial charge >= 0.3 is 0 Å². The molecule has 136 valence electrons. The highest BCUT2D eigenvalue weighted by molar-refractivity contribution is 7.93. The number of methoxy groups -OCH3 is 1. The van der Waals surface area contributed by atoms with E-state index in [2.05, 4.69) is 21.2 Å². The number of hydrogen-bond donors (Lipinski definition) is 0. The lowest BCUT2D eigenvalue weighted by molar-refractivity contribution is 0.100. The molecule has 0 saturated heterocycles. The summed E-state index contributed by atoms with van der Waals surface area (Å²) in [6, 6.07) is 8.33. The van der Waals surface area contributed by atoms with Gasteiger partial charge < -0.3 is 4.74 Å². The largest absolute Gasteiger partial charge is 0.497 e. The summed E-state index contributed by atoms with van der Waals surface area (Å²) in [6.07, 6.45) is 4.41. The minimum absolute atomic E-state index is 0.158. The van der Waals surface area contributed by atoms with Crippen LogP contribution in [0.25, 0.3) is 0 Å². The van der Waals surface area contributed by atoms with Crippen LogP contribution in [-0.4, -0.2) is 28.5 Å². The van der Waals surface area contributed by atoms with E-state index in [0.29, 0.717) is 16.2 Å². The molecule has 1 heterocycles. The predicted molar refractivity (Wildman–Crippen MR) is 103 cm³/mol. The lowest BCUT2D eigenvalue weighted by atomic mass is 9.97. The minimum atomic E-state index is -2.91. The molecule has 2 rings (SSSR count). The number of rotatable bonds is 3. The zero-order valence-corrected chi connectivity index (χ0v) is 16.4. The Morgan fingerprint density at radius 1 is 1.23 bits per heavy atom. The molecule has 5 nitrogen and oxygen atoms in total. The molecular weight excluding hydrogens is 348 g/mol. The summed E-state index contributed by atoms with van der Waals surface area (Å²) in [5, 5.41) is 0. The molecule has 1 atom stereocenters. The first-order chi connectivity index (χ1) is 12.1. The van der Waals surface area contributed by atoms with Crippen LogP contribution in [0, 0.1) is 17.3 Å². The summed E-state index contributed by atoms with van der Waals surface area (Å²) >= 11 is 0. The van der Waals surface area contributed by atoms with Crippen LogP contribution < -0.4 is 4.74 Å². The predicted octanol–water partition coefficient (Wildman–Crippen LogP) is 3.78. The molecule has 1 unspecified atom stereocenters. The number of carbonyl (C=O) groups is 1. The van der Waals surface area contributed by atoms with Gasteiger partial charge in [-0.25, -0.2) is 4.21 Å². The Kier molecular flexibility index (Phi) is 5.83. The highest BCUT2D eigenvalue weighted by atomic mass is 32.2. The first kappa shape index (κ1) is 19.7. The molecule has 1 aromatic carbocycles. The monoisotopic (exact) mass is 370 g/mol. The Morgan fingerprint density at radius 3 is 2.62 bits per heavy atom. The van der Waals surface area contributed by atoms with E-state index in [1.54, 1.807) is 36.5 Å². The SMILES string of the molecule is COc1cccc(S(C)(=O)=NC(=O)c2cncc(C#CC(C)(C)C)c2)c1. The number of ether oxygens (including phenoxy) is 1. The van der Waals surface area contributed by atoms with Crippen molar-refractivity contribution >= 4 is 15.6 Å². The second kappa shape index (κ2) is 7.71. The van der Waals surface area contributed by atoms with Crippen LogP contribution in [0.3, 0.4) is 0 Å². The molecule has 0 aliphatic carbocycles. The second-order valence-corrected chi connectivity index (χ2v) is 9.10. The van der Waals surface area contributed by atoms with Gasteiger partial charge in [0, 0.05) is 29.6 Å². The molecule has 1 amide bonds. The van der Waals surface area contributed by atoms with Gasteiger partial charge in [-0.05, 0) is 45.0 Å². The fraction of sp³-hybridized carbons (Fsp3) is 0.300. The maximum Gasteiger partial charge on any atom is 0.286 e. The molecule has 0 bridgehead atoms. The maximum atomic E-state index is 12.9. The van der Waals surface area contributed by atoms with Crippen molar-refractivity contribution < 1.29 is 13.7 Å². The molecule has 1 aromatic heterocycles. The van der Waals surface area contributed by atoms with E-state index in [1.165, 1.54) is 19.6 Å². The van der Waals surface area contributed by atoms with Crippen molar-refractivity contribution in [1.29, 1.82) is 0 Å². The van der Waals surface area contributed by atoms with E-state index < -0.39 is 15.6 Å². The summed E-state index contributed by atoms with van der Waals surface area (Å²) in [5.41, 5.74) is 0.710. The van der Waals surface area contributed by atoms with Gasteiger partial charge in [-0.15, -0.1) is 0 Å². The number of aromatic nitrogens is 1. The van der Waals surface area contributed by atoms with Gasteiger partial charge in [-0.1, -0.05) is 17.9 Å². The molecule has 0 radical (unpaired) electrons. The highest BCUT2D eigenvalue weighted by Crippen LogP contribution is 2.19. The topological polar surface area (TPSA) is 68.6 Å². The summed E-state index contributed by atoms with van der Waals surface area (Å²) in [4.78, 5) is 16.9. The van der Waals surface area contributed by atoms with Crippen LogP contribution in [0.1, 0.15) is 36.7 Å². The van der Waals surface area contributed by atoms with Crippen LogP contribution in [0.4, 0.5) is 0 Å². The molecule has 0 aliphatic rings. The molecule has 2 aromatic rings. The summed E-state index contributed by atoms with van der Waals surface area (Å²) in [7, 11) is -1.38. The van der Waals surface area contributed by atoms with Gasteiger partial charge in [0.15, 0.2) is 0 Å². The molecular formula is C20H22N2O3S. The van der Waals surface area contributed by atoms with Crippen molar-refractivity contribution in [3.05, 3.63) is 53.9 Å². The van der Waals surface area contributed by atoms with E-state index in [0.717, 1.165) is 0 Å². The smallest absolute Gasteiger partial charge is 0.286 e. The van der Waals surface area contributed by atoms with Gasteiger partial charge in [-0.2, -0.15) is 4.36 Å². The zero-order chi connectivity index (χ0) is 19.4. The van der Waals surface area contributed by atoms with Crippen LogP contribution in [0.15, 0.2) is 52.0 Å². The number of pyridine rings is 1. The van der Waals surface area contributed by atoms with Crippen LogP contribution in [0.2, 0.25) is 0 Å². The van der Waals surface area contributed by atoms with E-state index in [4.69, 9.17) is 4.74 Å². The standard InChI is InChI=1S/C20H22N2O3S/c1-20(2,3)10-9-15-11-16(14-21-13-15)19(23)22-26(5,24)18-8-6-7-17(12-18)25-4/h6-8,11-14H,1-5H3. The third-order valence-electron chi connectivity index (χ3n) is 3.30. The van der Waals surface area contributed by atoms with Crippen molar-refractivity contribution in [2.24, 2.45) is 9.78 Å². The fourth-order valence-corrected chi connectivity index (χ4v) is 3.18. The lowest BCUT2D eigenvalue weighted by Gasteiger charge is -2.07. The molecule has 6 heteroatoms. The van der Waals surface area contributed by atoms with Crippen LogP contribution in [-0.2, 0) is 9.73 Å². The van der Waals surface area contributed by atoms with Crippen LogP contribution >= 0.6 is 0 Å². The van der Waals surface area contributed by atoms with E-state index in [9.17, 15) is 9.00 Å². The minimum Gasteiger partial charge on any atom is -0.497 e. The first-order valence-electron chi connectivity index (χ1n) is 7.99. The molecule has 0 fully saturated rings. The highest BCUT2D eigenvalue weighted by Gasteiger charge is 2.13. The number of carbonyl (C=O) groups excluding carboxylic acids is 1. The van der Waals surface area contributed by atoms with Gasteiger partial charge in [0.25, 0.3) is 5.91 Å². The summed E-state index contributed by atoms with van der Waals surface area (Å²) in [5.74, 6) is 6.05. The lowest BCUT2D eigenvalue weighted by Crippen LogP contribution is -2.05. The second-order valence-electron chi connectivity index (χ2n) is 6.84. The Hall–Kier alpha value is -2.65. The van der Waals surface area contributed by atoms with Gasteiger partial charge in [0.2, 0.25) is 0 Å². The zero-order valence-electron chi connectivity index (χ0n) is 15.6. The van der Waals surface area contributed by atoms with Crippen molar-refractivity contribution in [3.8, 4) is 17.6 Å². The first-order valence-corrected chi connectivity index (χ1v) is 9.92. The number of nitrogens with zero attached hydrogens (tertiary/aromatic N) is 2. The Labute approximate surface area is 155 Å². The molecule has 0 N–H and O–H groups in total. The Balaban J connectivity index is 2.37. The Bertz CT molecular complexity index is 1000. The van der Waals surface area contributed by atoms with Crippen LogP contribution in [0.5, 0.6) is 5.75 Å². The number of hydrogen-bond acceptors (Lipinski definition) is 4. The van der Waals surface area contributed by atoms with E-state index in [-0.39, 0.29) is 11.0 Å². The Morgan fingerprint density at radius 2 is 1.96 bits per heavy atom. The average Bonchev–Trinajstić information content (AvgIpc) is 2.59. The quantitative estimate of drug-likeness (QED) is 0.771. The normalized spacial score (nSPS) is 13.1. The van der Waals surface area contributed by atoms with Crippen molar-refractivity contribution in [3.63, 3.8) is 0 Å². The molecule has 0 spiro atoms. The summed E-state index contributed by atoms with van der Waals surface area (Å²) in [6.45, 7) is 5.99. The number of benzene rings is 1. The van der Waals surface area contributed by atoms with Crippen molar-refractivity contribution in [1.82, 2.24) is 4.98 Å². The average molecular weight is 370 g/mol. The molecule has 0 saturated carbocycles.